The lowest BCUT2D eigenvalue weighted by Crippen LogP contribution is -2.32. The molecule has 1 aliphatic rings. The molecule has 0 aliphatic carbocycles. The molecular weight excluding hydrogens is 276 g/mol. The summed E-state index contributed by atoms with van der Waals surface area (Å²) in [6, 6.07) is 2.92. The molecule has 9 heteroatoms. The van der Waals surface area contributed by atoms with E-state index >= 15 is 0 Å². The first-order chi connectivity index (χ1) is 8.63. The first-order valence-electron chi connectivity index (χ1n) is 5.13. The average Bonchev–Trinajstić information content (AvgIpc) is 2.70. The minimum atomic E-state index is -0.875. The summed E-state index contributed by atoms with van der Waals surface area (Å²) in [6.45, 7) is 0. The van der Waals surface area contributed by atoms with Gasteiger partial charge in [-0.15, -0.1) is 17.5 Å². The number of carbonyl (C=O) groups excluding carboxylic acids is 3. The molecule has 1 aromatic heterocycles. The summed E-state index contributed by atoms with van der Waals surface area (Å²) in [7, 11) is 0. The minimum Gasteiger partial charge on any atom is -0.325 e. The summed E-state index contributed by atoms with van der Waals surface area (Å²) < 4.78 is 0. The second-order valence-corrected chi connectivity index (χ2v) is 3.50. The number of imide groups is 1. The molecule has 3 N–H and O–H groups in total. The molecule has 0 saturated carbocycles. The number of halogens is 1. The Hall–Kier alpha value is -2.19. The lowest BCUT2D eigenvalue weighted by molar-refractivity contribution is -0.172. The molecule has 1 saturated heterocycles. The van der Waals surface area contributed by atoms with Crippen LogP contribution >= 0.6 is 12.4 Å². The molecule has 0 atom stereocenters. The van der Waals surface area contributed by atoms with Gasteiger partial charge >= 0.3 is 5.97 Å². The van der Waals surface area contributed by atoms with Crippen molar-refractivity contribution in [2.75, 3.05) is 5.43 Å². The van der Waals surface area contributed by atoms with Gasteiger partial charge in [-0.25, -0.2) is 15.6 Å². The number of hydroxylamine groups is 2. The SMILES string of the molecule is Cl.NNc1ncccc1C(=O)ON1C(=O)CCC1=O. The van der Waals surface area contributed by atoms with Crippen molar-refractivity contribution in [3.8, 4) is 0 Å². The number of nitrogen functional groups attached to an aromatic ring is 1. The smallest absolute Gasteiger partial charge is 0.325 e. The van der Waals surface area contributed by atoms with Crippen LogP contribution in [0.4, 0.5) is 5.82 Å². The summed E-state index contributed by atoms with van der Waals surface area (Å²) in [5.74, 6) is 3.32. The summed E-state index contributed by atoms with van der Waals surface area (Å²) in [5, 5.41) is 0.468. The van der Waals surface area contributed by atoms with Crippen LogP contribution in [0.3, 0.4) is 0 Å². The number of anilines is 1. The minimum absolute atomic E-state index is 0. The summed E-state index contributed by atoms with van der Waals surface area (Å²) in [6.07, 6.45) is 1.51. The molecule has 0 aromatic carbocycles. The van der Waals surface area contributed by atoms with E-state index in [-0.39, 0.29) is 36.6 Å². The van der Waals surface area contributed by atoms with Gasteiger partial charge in [0.05, 0.1) is 0 Å². The molecule has 2 rings (SSSR count). The number of aromatic nitrogens is 1. The van der Waals surface area contributed by atoms with Gasteiger partial charge in [0.15, 0.2) is 5.82 Å². The quantitative estimate of drug-likeness (QED) is 0.457. The van der Waals surface area contributed by atoms with Gasteiger partial charge in [0.25, 0.3) is 11.8 Å². The lowest BCUT2D eigenvalue weighted by atomic mass is 10.2. The number of hydrazine groups is 1. The highest BCUT2D eigenvalue weighted by Crippen LogP contribution is 2.16. The lowest BCUT2D eigenvalue weighted by Gasteiger charge is -2.13. The second kappa shape index (κ2) is 6.12. The fraction of sp³-hybridized carbons (Fsp3) is 0.200. The standard InChI is InChI=1S/C10H10N4O4.ClH/c11-13-9-6(2-1-5-12-9)10(17)18-14-7(15)3-4-8(14)16;/h1-2,5H,3-4,11H2,(H,12,13);1H. The van der Waals surface area contributed by atoms with Crippen molar-refractivity contribution in [1.29, 1.82) is 0 Å². The maximum absolute atomic E-state index is 11.8. The Morgan fingerprint density at radius 1 is 1.37 bits per heavy atom. The number of rotatable bonds is 3. The van der Waals surface area contributed by atoms with Crippen LogP contribution in [0.2, 0.25) is 0 Å². The van der Waals surface area contributed by atoms with Crippen molar-refractivity contribution in [2.45, 2.75) is 12.8 Å². The van der Waals surface area contributed by atoms with Crippen molar-refractivity contribution >= 4 is 36.0 Å². The van der Waals surface area contributed by atoms with Crippen LogP contribution in [0.25, 0.3) is 0 Å². The largest absolute Gasteiger partial charge is 0.367 e. The van der Waals surface area contributed by atoms with E-state index in [0.717, 1.165) is 0 Å². The molecule has 102 valence electrons. The normalized spacial score (nSPS) is 14.1. The molecular formula is C10H11ClN4O4. The summed E-state index contributed by atoms with van der Waals surface area (Å²) in [4.78, 5) is 42.9. The Kier molecular flexibility index (Phi) is 4.79. The summed E-state index contributed by atoms with van der Waals surface area (Å²) >= 11 is 0. The number of nitrogens with zero attached hydrogens (tertiary/aromatic N) is 2. The second-order valence-electron chi connectivity index (χ2n) is 3.50. The van der Waals surface area contributed by atoms with Crippen LogP contribution in [-0.2, 0) is 14.4 Å². The Morgan fingerprint density at radius 3 is 2.58 bits per heavy atom. The molecule has 0 spiro atoms. The first-order valence-corrected chi connectivity index (χ1v) is 5.13. The van der Waals surface area contributed by atoms with Gasteiger partial charge in [-0.3, -0.25) is 9.59 Å². The molecule has 1 fully saturated rings. The van der Waals surface area contributed by atoms with Crippen LogP contribution in [-0.4, -0.2) is 27.8 Å². The predicted octanol–water partition coefficient (Wildman–Crippen LogP) is 0.00980. The Bertz CT molecular complexity index is 506. The molecule has 1 aliphatic heterocycles. The predicted molar refractivity (Wildman–Crippen MR) is 65.8 cm³/mol. The van der Waals surface area contributed by atoms with Crippen LogP contribution in [0.5, 0.6) is 0 Å². The molecule has 0 radical (unpaired) electrons. The molecule has 19 heavy (non-hydrogen) atoms. The van der Waals surface area contributed by atoms with Crippen LogP contribution < -0.4 is 11.3 Å². The van der Waals surface area contributed by atoms with Gasteiger partial charge in [0.1, 0.15) is 5.56 Å². The maximum Gasteiger partial charge on any atom is 0.367 e. The van der Waals surface area contributed by atoms with Gasteiger partial charge in [-0.2, -0.15) is 0 Å². The summed E-state index contributed by atoms with van der Waals surface area (Å²) in [5.41, 5.74) is 2.26. The van der Waals surface area contributed by atoms with E-state index in [4.69, 9.17) is 10.7 Å². The number of pyridine rings is 1. The van der Waals surface area contributed by atoms with Crippen molar-refractivity contribution in [3.05, 3.63) is 23.9 Å². The Morgan fingerprint density at radius 2 is 2.00 bits per heavy atom. The van der Waals surface area contributed by atoms with E-state index in [9.17, 15) is 14.4 Å². The average molecular weight is 287 g/mol. The molecule has 2 heterocycles. The molecule has 8 nitrogen and oxygen atoms in total. The molecule has 0 bridgehead atoms. The Labute approximate surface area is 114 Å². The van der Waals surface area contributed by atoms with Crippen LogP contribution in [0, 0.1) is 0 Å². The number of nitrogens with one attached hydrogen (secondary N) is 1. The van der Waals surface area contributed by atoms with E-state index in [2.05, 4.69) is 10.4 Å². The monoisotopic (exact) mass is 286 g/mol. The van der Waals surface area contributed by atoms with Crippen LogP contribution in [0.15, 0.2) is 18.3 Å². The van der Waals surface area contributed by atoms with Gasteiger partial charge in [0.2, 0.25) is 0 Å². The van der Waals surface area contributed by atoms with Gasteiger partial charge < -0.3 is 10.3 Å². The number of carbonyl (C=O) groups is 3. The van der Waals surface area contributed by atoms with Gasteiger partial charge in [-0.1, -0.05) is 0 Å². The molecule has 0 unspecified atom stereocenters. The fourth-order valence-corrected chi connectivity index (χ4v) is 1.47. The fourth-order valence-electron chi connectivity index (χ4n) is 1.47. The molecule has 1 aromatic rings. The van der Waals surface area contributed by atoms with Crippen molar-refractivity contribution in [3.63, 3.8) is 0 Å². The number of nitrogens with two attached hydrogens (primary N) is 1. The third kappa shape index (κ3) is 2.98. The van der Waals surface area contributed by atoms with E-state index in [1.165, 1.54) is 18.3 Å². The molecule has 2 amide bonds. The number of amides is 2. The zero-order valence-corrected chi connectivity index (χ0v) is 10.5. The topological polar surface area (TPSA) is 115 Å². The van der Waals surface area contributed by atoms with Gasteiger partial charge in [0, 0.05) is 19.0 Å². The zero-order chi connectivity index (χ0) is 13.1. The highest BCUT2D eigenvalue weighted by atomic mass is 35.5. The number of hydrogen-bond acceptors (Lipinski definition) is 7. The highest BCUT2D eigenvalue weighted by molar-refractivity contribution is 6.03. The van der Waals surface area contributed by atoms with E-state index in [0.29, 0.717) is 5.06 Å². The van der Waals surface area contributed by atoms with Crippen LogP contribution in [0.1, 0.15) is 23.2 Å². The third-order valence-electron chi connectivity index (χ3n) is 2.34. The van der Waals surface area contributed by atoms with Crippen molar-refractivity contribution in [2.24, 2.45) is 5.84 Å². The van der Waals surface area contributed by atoms with E-state index in [1.807, 2.05) is 0 Å². The Balaban J connectivity index is 0.00000180. The van der Waals surface area contributed by atoms with E-state index < -0.39 is 17.8 Å². The van der Waals surface area contributed by atoms with Gasteiger partial charge in [-0.05, 0) is 12.1 Å². The van der Waals surface area contributed by atoms with Crippen molar-refractivity contribution in [1.82, 2.24) is 10.0 Å². The number of hydrogen-bond donors (Lipinski definition) is 2. The highest BCUT2D eigenvalue weighted by Gasteiger charge is 2.33. The zero-order valence-electron chi connectivity index (χ0n) is 9.66. The maximum atomic E-state index is 11.8. The van der Waals surface area contributed by atoms with Crippen molar-refractivity contribution < 1.29 is 19.2 Å². The van der Waals surface area contributed by atoms with E-state index in [1.54, 1.807) is 0 Å². The third-order valence-corrected chi connectivity index (χ3v) is 2.34. The first kappa shape index (κ1) is 14.9.